The fourth-order valence-corrected chi connectivity index (χ4v) is 4.85. The van der Waals surface area contributed by atoms with Crippen molar-refractivity contribution in [3.05, 3.63) is 59.7 Å². The molecule has 1 aliphatic rings. The molecule has 0 aliphatic carbocycles. The maximum absolute atomic E-state index is 12.8. The summed E-state index contributed by atoms with van der Waals surface area (Å²) in [6.07, 6.45) is 4.49. The summed E-state index contributed by atoms with van der Waals surface area (Å²) in [5, 5.41) is 0. The van der Waals surface area contributed by atoms with Gasteiger partial charge in [0.2, 0.25) is 10.0 Å². The van der Waals surface area contributed by atoms with Gasteiger partial charge in [-0.25, -0.2) is 13.2 Å². The van der Waals surface area contributed by atoms with Crippen LogP contribution >= 0.6 is 0 Å². The zero-order valence-electron chi connectivity index (χ0n) is 16.7. The molecule has 7 heteroatoms. The van der Waals surface area contributed by atoms with E-state index in [4.69, 9.17) is 9.47 Å². The standard InChI is InChI=1S/C22H27NO5S/c1-27-20-10-6-18(7-11-20)14-17-28-22(24)19-8-12-21(13-9-19)29(25,26)23-15-4-2-3-5-16-23/h6-13H,2-5,14-17H2,1H3. The van der Waals surface area contributed by atoms with Crippen LogP contribution in [-0.2, 0) is 21.2 Å². The Kier molecular flexibility index (Phi) is 7.28. The smallest absolute Gasteiger partial charge is 0.338 e. The molecule has 3 rings (SSSR count). The number of carbonyl (C=O) groups is 1. The summed E-state index contributed by atoms with van der Waals surface area (Å²) in [6.45, 7) is 1.36. The van der Waals surface area contributed by atoms with E-state index in [1.54, 1.807) is 11.4 Å². The average Bonchev–Trinajstić information content (AvgIpc) is 3.04. The molecule has 0 bridgehead atoms. The van der Waals surface area contributed by atoms with Crippen LogP contribution in [0.15, 0.2) is 53.4 Å². The normalized spacial score (nSPS) is 15.5. The Morgan fingerprint density at radius 1 is 0.931 bits per heavy atom. The molecule has 6 nitrogen and oxygen atoms in total. The third-order valence-corrected chi connectivity index (χ3v) is 6.99. The first-order chi connectivity index (χ1) is 14.0. The van der Waals surface area contributed by atoms with Gasteiger partial charge < -0.3 is 9.47 Å². The zero-order chi connectivity index (χ0) is 20.7. The number of hydrogen-bond acceptors (Lipinski definition) is 5. The molecule has 2 aromatic carbocycles. The lowest BCUT2D eigenvalue weighted by molar-refractivity contribution is 0.0509. The highest BCUT2D eigenvalue weighted by Crippen LogP contribution is 2.21. The predicted octanol–water partition coefficient (Wildman–Crippen LogP) is 3.66. The van der Waals surface area contributed by atoms with Gasteiger partial charge in [0.15, 0.2) is 0 Å². The Morgan fingerprint density at radius 2 is 1.55 bits per heavy atom. The number of ether oxygens (including phenoxy) is 2. The van der Waals surface area contributed by atoms with Crippen molar-refractivity contribution in [3.63, 3.8) is 0 Å². The van der Waals surface area contributed by atoms with E-state index in [2.05, 4.69) is 0 Å². The topological polar surface area (TPSA) is 72.9 Å². The second-order valence-electron chi connectivity index (χ2n) is 7.08. The Labute approximate surface area is 172 Å². The van der Waals surface area contributed by atoms with Gasteiger partial charge in [0.25, 0.3) is 0 Å². The zero-order valence-corrected chi connectivity index (χ0v) is 17.5. The van der Waals surface area contributed by atoms with Crippen LogP contribution < -0.4 is 4.74 Å². The van der Waals surface area contributed by atoms with Crippen molar-refractivity contribution in [2.24, 2.45) is 0 Å². The Morgan fingerprint density at radius 3 is 2.14 bits per heavy atom. The highest BCUT2D eigenvalue weighted by Gasteiger charge is 2.25. The molecule has 1 saturated heterocycles. The first kappa shape index (κ1) is 21.3. The Hall–Kier alpha value is -2.38. The minimum Gasteiger partial charge on any atom is -0.497 e. The summed E-state index contributed by atoms with van der Waals surface area (Å²) in [5.74, 6) is 0.318. The van der Waals surface area contributed by atoms with Crippen molar-refractivity contribution in [2.75, 3.05) is 26.8 Å². The van der Waals surface area contributed by atoms with Crippen LogP contribution in [0, 0.1) is 0 Å². The molecule has 0 amide bonds. The predicted molar refractivity (Wildman–Crippen MR) is 111 cm³/mol. The second-order valence-corrected chi connectivity index (χ2v) is 9.01. The minimum absolute atomic E-state index is 0.217. The fraction of sp³-hybridized carbons (Fsp3) is 0.409. The van der Waals surface area contributed by atoms with E-state index in [0.717, 1.165) is 37.0 Å². The van der Waals surface area contributed by atoms with Gasteiger partial charge in [-0.2, -0.15) is 4.31 Å². The third kappa shape index (κ3) is 5.58. The summed E-state index contributed by atoms with van der Waals surface area (Å²) in [5.41, 5.74) is 1.38. The number of hydrogen-bond donors (Lipinski definition) is 0. The molecule has 0 unspecified atom stereocenters. The fourth-order valence-electron chi connectivity index (χ4n) is 3.33. The lowest BCUT2D eigenvalue weighted by Gasteiger charge is -2.20. The number of esters is 1. The van der Waals surface area contributed by atoms with Gasteiger partial charge in [-0.05, 0) is 54.8 Å². The van der Waals surface area contributed by atoms with Gasteiger partial charge in [-0.3, -0.25) is 0 Å². The molecule has 156 valence electrons. The van der Waals surface area contributed by atoms with Gasteiger partial charge in [0.1, 0.15) is 5.75 Å². The highest BCUT2D eigenvalue weighted by molar-refractivity contribution is 7.89. The second kappa shape index (κ2) is 9.89. The van der Waals surface area contributed by atoms with E-state index < -0.39 is 16.0 Å². The number of benzene rings is 2. The molecule has 0 atom stereocenters. The van der Waals surface area contributed by atoms with Crippen molar-refractivity contribution >= 4 is 16.0 Å². The highest BCUT2D eigenvalue weighted by atomic mass is 32.2. The van der Waals surface area contributed by atoms with Crippen LogP contribution in [0.3, 0.4) is 0 Å². The van der Waals surface area contributed by atoms with Gasteiger partial charge >= 0.3 is 5.97 Å². The van der Waals surface area contributed by atoms with Crippen LogP contribution in [0.4, 0.5) is 0 Å². The summed E-state index contributed by atoms with van der Waals surface area (Å²) < 4.78 is 37.6. The molecule has 0 N–H and O–H groups in total. The van der Waals surface area contributed by atoms with Crippen molar-refractivity contribution in [1.29, 1.82) is 0 Å². The van der Waals surface area contributed by atoms with E-state index in [1.807, 2.05) is 24.3 Å². The van der Waals surface area contributed by atoms with Crippen LogP contribution in [-0.4, -0.2) is 45.5 Å². The largest absolute Gasteiger partial charge is 0.497 e. The number of carbonyl (C=O) groups excluding carboxylic acids is 1. The Balaban J connectivity index is 1.56. The summed E-state index contributed by atoms with van der Waals surface area (Å²) >= 11 is 0. The SMILES string of the molecule is COc1ccc(CCOC(=O)c2ccc(S(=O)(=O)N3CCCCCC3)cc2)cc1. The summed E-state index contributed by atoms with van der Waals surface area (Å²) in [4.78, 5) is 12.5. The molecule has 1 fully saturated rings. The maximum atomic E-state index is 12.8. The number of methoxy groups -OCH3 is 1. The molecule has 0 radical (unpaired) electrons. The number of rotatable bonds is 7. The van der Waals surface area contributed by atoms with Gasteiger partial charge in [0.05, 0.1) is 24.2 Å². The first-order valence-corrected chi connectivity index (χ1v) is 11.3. The van der Waals surface area contributed by atoms with Crippen LogP contribution in [0.2, 0.25) is 0 Å². The summed E-state index contributed by atoms with van der Waals surface area (Å²) in [6, 6.07) is 13.6. The van der Waals surface area contributed by atoms with Crippen LogP contribution in [0.5, 0.6) is 5.75 Å². The monoisotopic (exact) mass is 417 g/mol. The van der Waals surface area contributed by atoms with E-state index in [1.165, 1.54) is 24.3 Å². The minimum atomic E-state index is -3.52. The lowest BCUT2D eigenvalue weighted by Crippen LogP contribution is -2.31. The third-order valence-electron chi connectivity index (χ3n) is 5.08. The molecular weight excluding hydrogens is 390 g/mol. The molecule has 29 heavy (non-hydrogen) atoms. The first-order valence-electron chi connectivity index (χ1n) is 9.91. The van der Waals surface area contributed by atoms with Crippen LogP contribution in [0.1, 0.15) is 41.6 Å². The molecule has 2 aromatic rings. The van der Waals surface area contributed by atoms with Crippen molar-refractivity contribution < 1.29 is 22.7 Å². The molecule has 1 heterocycles. The lowest BCUT2D eigenvalue weighted by atomic mass is 10.1. The maximum Gasteiger partial charge on any atom is 0.338 e. The molecule has 0 spiro atoms. The van der Waals surface area contributed by atoms with Crippen molar-refractivity contribution in [1.82, 2.24) is 4.31 Å². The van der Waals surface area contributed by atoms with E-state index in [-0.39, 0.29) is 11.5 Å². The van der Waals surface area contributed by atoms with E-state index >= 15 is 0 Å². The quantitative estimate of drug-likeness (QED) is 0.643. The van der Waals surface area contributed by atoms with Gasteiger partial charge in [-0.15, -0.1) is 0 Å². The molecule has 1 aliphatic heterocycles. The van der Waals surface area contributed by atoms with Gasteiger partial charge in [0, 0.05) is 19.5 Å². The number of nitrogens with zero attached hydrogens (tertiary/aromatic N) is 1. The average molecular weight is 418 g/mol. The van der Waals surface area contributed by atoms with Crippen LogP contribution in [0.25, 0.3) is 0 Å². The molecular formula is C22H27NO5S. The Bertz CT molecular complexity index is 899. The molecule has 0 saturated carbocycles. The molecule has 0 aromatic heterocycles. The number of sulfonamides is 1. The van der Waals surface area contributed by atoms with Crippen molar-refractivity contribution in [3.8, 4) is 5.75 Å². The van der Waals surface area contributed by atoms with Crippen molar-refractivity contribution in [2.45, 2.75) is 37.0 Å². The van der Waals surface area contributed by atoms with E-state index in [9.17, 15) is 13.2 Å². The summed E-state index contributed by atoms with van der Waals surface area (Å²) in [7, 11) is -1.90. The van der Waals surface area contributed by atoms with E-state index in [0.29, 0.717) is 25.1 Å². The van der Waals surface area contributed by atoms with Gasteiger partial charge in [-0.1, -0.05) is 25.0 Å².